The fourth-order valence-corrected chi connectivity index (χ4v) is 20.6. The van der Waals surface area contributed by atoms with E-state index in [9.17, 15) is 95.8 Å². The normalized spacial score (nSPS) is 12.9. The molecule has 0 unspecified atom stereocenters. The second kappa shape index (κ2) is 41.5. The number of hydrogen-bond acceptors (Lipinski definition) is 19. The third kappa shape index (κ3) is 21.9. The molecule has 2 aliphatic rings. The zero-order chi connectivity index (χ0) is 94.0. The van der Waals surface area contributed by atoms with Crippen LogP contribution in [0.5, 0.6) is 0 Å². The van der Waals surface area contributed by atoms with Gasteiger partial charge in [0.1, 0.15) is 23.0 Å². The quantitative estimate of drug-likeness (QED) is 0.0389. The number of hydrogen-bond donors (Lipinski definition) is 0. The zero-order valence-electron chi connectivity index (χ0n) is 63.7. The molecule has 2 fully saturated rings. The number of benzene rings is 12. The second-order valence-corrected chi connectivity index (χ2v) is 35.7. The molecular weight excluding hydrogens is 2070 g/mol. The second-order valence-electron chi connectivity index (χ2n) is 26.9. The van der Waals surface area contributed by atoms with Crippen LogP contribution in [0.2, 0.25) is 70.3 Å². The van der Waals surface area contributed by atoms with Crippen LogP contribution >= 0.6 is 198 Å². The van der Waals surface area contributed by atoms with Gasteiger partial charge in [0, 0.05) is 170 Å². The van der Waals surface area contributed by atoms with Crippen LogP contribution in [0.4, 0.5) is 80.6 Å². The maximum Gasteiger partial charge on any atom is 0.417 e. The van der Waals surface area contributed by atoms with Crippen molar-refractivity contribution in [2.45, 2.75) is 41.7 Å². The molecule has 0 atom stereocenters. The molecule has 47 heteroatoms. The van der Waals surface area contributed by atoms with E-state index >= 15 is 0 Å². The lowest BCUT2D eigenvalue weighted by molar-refractivity contribution is -0.385. The van der Waals surface area contributed by atoms with E-state index in [1.54, 1.807) is 48.5 Å². The van der Waals surface area contributed by atoms with Crippen LogP contribution in [0.25, 0.3) is 66.8 Å². The van der Waals surface area contributed by atoms with Crippen molar-refractivity contribution in [1.29, 1.82) is 0 Å². The van der Waals surface area contributed by atoms with Gasteiger partial charge in [-0.1, -0.05) is 198 Å². The molecule has 0 bridgehead atoms. The van der Waals surface area contributed by atoms with Gasteiger partial charge in [-0.3, -0.25) is 60.7 Å². The summed E-state index contributed by atoms with van der Waals surface area (Å²) in [6, 6.07) is 34.1. The maximum absolute atomic E-state index is 14.7. The van der Waals surface area contributed by atoms with Gasteiger partial charge in [-0.2, -0.15) is 26.3 Å². The Balaban J connectivity index is 0.000000177. The van der Waals surface area contributed by atoms with E-state index in [2.05, 4.69) is 0 Å². The van der Waals surface area contributed by atoms with Gasteiger partial charge in [0.05, 0.1) is 139 Å². The summed E-state index contributed by atoms with van der Waals surface area (Å²) in [4.78, 5) is 69.4. The van der Waals surface area contributed by atoms with Crippen LogP contribution in [0.15, 0.2) is 199 Å². The third-order valence-corrected chi connectivity index (χ3v) is 28.1. The molecular formula is C82H44Cl14F8N8O14S3. The smallest absolute Gasteiger partial charge is 0.378 e. The van der Waals surface area contributed by atoms with Crippen LogP contribution in [-0.2, 0) is 21.8 Å². The van der Waals surface area contributed by atoms with Crippen LogP contribution in [0.3, 0.4) is 0 Å². The average molecular weight is 2110 g/mol. The number of nitro benzene ring substituents is 6. The minimum absolute atomic E-state index is 0.0427. The first-order valence-corrected chi connectivity index (χ1v) is 43.7. The largest absolute Gasteiger partial charge is 0.417 e. The molecule has 12 aromatic carbocycles. The van der Waals surface area contributed by atoms with E-state index in [4.69, 9.17) is 172 Å². The predicted octanol–water partition coefficient (Wildman–Crippen LogP) is 32.1. The van der Waals surface area contributed by atoms with Gasteiger partial charge in [0.25, 0.3) is 34.1 Å². The Morgan fingerprint density at radius 2 is 0.504 bits per heavy atom. The van der Waals surface area contributed by atoms with Gasteiger partial charge in [0.2, 0.25) is 0 Å². The van der Waals surface area contributed by atoms with Crippen molar-refractivity contribution in [3.63, 3.8) is 0 Å². The van der Waals surface area contributed by atoms with Gasteiger partial charge >= 0.3 is 12.4 Å². The van der Waals surface area contributed by atoms with Crippen molar-refractivity contribution in [2.75, 3.05) is 62.4 Å². The summed E-state index contributed by atoms with van der Waals surface area (Å²) < 4.78 is 124. The molecule has 2 aliphatic heterocycles. The summed E-state index contributed by atoms with van der Waals surface area (Å²) in [6.07, 6.45) is -10.1. The summed E-state index contributed by atoms with van der Waals surface area (Å²) in [5.41, 5.74) is -4.76. The molecule has 0 aromatic heterocycles. The first-order chi connectivity index (χ1) is 60.9. The number of halogens is 22. The Kier molecular flexibility index (Phi) is 31.9. The SMILES string of the molecule is O=[N+]([O-])c1cc(Cl)c(-c2c(Cl)ccc(Sc3ccc(Cl)c(-c4cc(N5CCOCC5)c([N+](=O)[O-])cc4Cl)c3Cl)c2Cl)cc1N1CCOCC1.O=[N+]([O-])c1ccc(-c2c(Cl)ccc(Sc3ccc(Cl)c(-c4ccc([N+](=O)[O-])cc4C(F)(F)F)c3Cl)c2Cl)c(C(F)(F)F)c1.O=[N+]([O-])c1ccc(-c2c(Cl)ccc(Sc3ccc(Cl)c(-c4ccc([N+](=O)[O-])cc4F)c3Cl)c2Cl)c(F)c1. The van der Waals surface area contributed by atoms with E-state index in [0.717, 1.165) is 72.1 Å². The fraction of sp³-hybridized carbons (Fsp3) is 0.122. The van der Waals surface area contributed by atoms with Crippen molar-refractivity contribution in [1.82, 2.24) is 0 Å². The number of rotatable bonds is 20. The third-order valence-electron chi connectivity index (χ3n) is 19.2. The average Bonchev–Trinajstić information content (AvgIpc) is 0.795. The highest BCUT2D eigenvalue weighted by atomic mass is 35.5. The van der Waals surface area contributed by atoms with Crippen molar-refractivity contribution < 1.29 is 74.1 Å². The van der Waals surface area contributed by atoms with Crippen LogP contribution in [0.1, 0.15) is 11.1 Å². The summed E-state index contributed by atoms with van der Waals surface area (Å²) >= 11 is 95.0. The first-order valence-electron chi connectivity index (χ1n) is 36.0. The molecule has 14 rings (SSSR count). The highest BCUT2D eigenvalue weighted by Gasteiger charge is 2.40. The van der Waals surface area contributed by atoms with Crippen LogP contribution < -0.4 is 9.80 Å². The molecule has 2 saturated heterocycles. The van der Waals surface area contributed by atoms with E-state index in [0.29, 0.717) is 118 Å². The van der Waals surface area contributed by atoms with Gasteiger partial charge in [-0.25, -0.2) is 8.78 Å². The van der Waals surface area contributed by atoms with E-state index < -0.39 is 98.5 Å². The minimum atomic E-state index is -5.04. The van der Waals surface area contributed by atoms with Crippen molar-refractivity contribution in [3.8, 4) is 66.8 Å². The molecule has 0 aliphatic carbocycles. The lowest BCUT2D eigenvalue weighted by Crippen LogP contribution is -2.36. The number of anilines is 2. The van der Waals surface area contributed by atoms with Gasteiger partial charge < -0.3 is 19.3 Å². The number of non-ortho nitro benzene ring substituents is 4. The van der Waals surface area contributed by atoms with Gasteiger partial charge in [0.15, 0.2) is 0 Å². The number of ether oxygens (including phenoxy) is 2. The summed E-state index contributed by atoms with van der Waals surface area (Å²) in [5.74, 6) is -1.78. The summed E-state index contributed by atoms with van der Waals surface area (Å²) in [5, 5.41) is 68.6. The van der Waals surface area contributed by atoms with E-state index in [-0.39, 0.29) is 125 Å². The molecule has 12 aromatic rings. The van der Waals surface area contributed by atoms with Crippen LogP contribution in [0, 0.1) is 72.3 Å². The molecule has 0 spiro atoms. The highest BCUT2D eigenvalue weighted by molar-refractivity contribution is 8.00. The topological polar surface area (TPSA) is 284 Å². The summed E-state index contributed by atoms with van der Waals surface area (Å²) in [7, 11) is 0. The van der Waals surface area contributed by atoms with Crippen molar-refractivity contribution in [2.24, 2.45) is 0 Å². The molecule has 0 saturated carbocycles. The molecule has 0 amide bonds. The zero-order valence-corrected chi connectivity index (χ0v) is 76.7. The Morgan fingerprint density at radius 3 is 0.729 bits per heavy atom. The number of morpholine rings is 2. The Labute approximate surface area is 804 Å². The number of nitrogens with zero attached hydrogens (tertiary/aromatic N) is 8. The monoisotopic (exact) mass is 2100 g/mol. The molecule has 0 radical (unpaired) electrons. The summed E-state index contributed by atoms with van der Waals surface area (Å²) in [6.45, 7) is 3.54. The lowest BCUT2D eigenvalue weighted by atomic mass is 9.98. The first kappa shape index (κ1) is 99.1. The van der Waals surface area contributed by atoms with Crippen molar-refractivity contribution >= 4 is 243 Å². The predicted molar refractivity (Wildman–Crippen MR) is 490 cm³/mol. The molecule has 2 heterocycles. The van der Waals surface area contributed by atoms with Crippen LogP contribution in [-0.4, -0.2) is 82.1 Å². The Bertz CT molecular complexity index is 6230. The fourth-order valence-electron chi connectivity index (χ4n) is 13.2. The number of alkyl halides is 6. The minimum Gasteiger partial charge on any atom is -0.378 e. The maximum atomic E-state index is 14.7. The highest BCUT2D eigenvalue weighted by Crippen LogP contribution is 2.56. The molecule has 668 valence electrons. The molecule has 22 nitrogen and oxygen atoms in total. The van der Waals surface area contributed by atoms with Crippen molar-refractivity contribution in [3.05, 3.63) is 324 Å². The number of nitro groups is 6. The van der Waals surface area contributed by atoms with Gasteiger partial charge in [-0.15, -0.1) is 0 Å². The van der Waals surface area contributed by atoms with E-state index in [1.807, 2.05) is 9.80 Å². The lowest BCUT2D eigenvalue weighted by Gasteiger charge is -2.29. The standard InChI is InChI=1S/C32H24Cl6N4O6S.C26H10Cl4F6N2O4S.C24H10Cl4F2N2O4S/c33-19-1-3-27(31(37)29(19)17-13-23(39-5-9-47-10-6-39)25(41(43)44)15-21(17)35)49-28-4-2-20(34)30(32(28)38)18-14-24(40-7-11-48-12-8-40)26(42(45)46)16-22(18)36;27-17-5-7-19(23(29)21(17)13-3-1-11(37(39)40)9-15(13)25(31,32)33)43-20-8-6-18(28)22(24(20)30)14-4-2-12(38(41)42)10-16(14)26(34,35)36;25-15-5-7-19(23(27)21(15)13-3-1-11(31(33)34)9-17(13)29)37-20-8-6-16(26)22(24(20)28)14-4-2-12(32(35)36)10-18(14)30/h1-4,13-16H,5-12H2;1-10H;1-10H. The van der Waals surface area contributed by atoms with Gasteiger partial charge in [-0.05, 0) is 120 Å². The Morgan fingerprint density at radius 1 is 0.279 bits per heavy atom. The Hall–Kier alpha value is -8.89. The molecule has 0 N–H and O–H groups in total. The molecule has 129 heavy (non-hydrogen) atoms. The van der Waals surface area contributed by atoms with E-state index in [1.165, 1.54) is 72.4 Å².